The fourth-order valence-corrected chi connectivity index (χ4v) is 4.88. The van der Waals surface area contributed by atoms with Gasteiger partial charge in [-0.1, -0.05) is 53.9 Å². The van der Waals surface area contributed by atoms with Crippen LogP contribution in [-0.2, 0) is 10.5 Å². The van der Waals surface area contributed by atoms with Gasteiger partial charge in [0.2, 0.25) is 5.91 Å². The zero-order chi connectivity index (χ0) is 18.6. The molecule has 27 heavy (non-hydrogen) atoms. The maximum absolute atomic E-state index is 12.5. The minimum atomic E-state index is -0.160. The predicted octanol–water partition coefficient (Wildman–Crippen LogP) is 3.95. The van der Waals surface area contributed by atoms with Crippen molar-refractivity contribution in [2.45, 2.75) is 11.9 Å². The Labute approximate surface area is 167 Å². The fraction of sp³-hybridized carbons (Fsp3) is 0.300. The summed E-state index contributed by atoms with van der Waals surface area (Å²) in [6.45, 7) is 0.942. The average molecular weight is 401 g/mol. The van der Waals surface area contributed by atoms with Gasteiger partial charge in [0.15, 0.2) is 17.6 Å². The molecule has 2 aliphatic rings. The molecule has 0 aliphatic carbocycles. The molecule has 7 heteroatoms. The number of hydrogen-bond acceptors (Lipinski definition) is 6. The van der Waals surface area contributed by atoms with E-state index in [0.29, 0.717) is 18.9 Å². The van der Waals surface area contributed by atoms with E-state index in [0.717, 1.165) is 27.3 Å². The van der Waals surface area contributed by atoms with Crippen molar-refractivity contribution in [3.63, 3.8) is 0 Å². The van der Waals surface area contributed by atoms with Crippen molar-refractivity contribution < 1.29 is 14.3 Å². The van der Waals surface area contributed by atoms with Crippen LogP contribution in [0.2, 0.25) is 0 Å². The fourth-order valence-electron chi connectivity index (χ4n) is 2.88. The van der Waals surface area contributed by atoms with Crippen molar-refractivity contribution >= 4 is 39.5 Å². The van der Waals surface area contributed by atoms with Gasteiger partial charge in [0.05, 0.1) is 18.0 Å². The summed E-state index contributed by atoms with van der Waals surface area (Å²) in [5.41, 5.74) is 2.25. The monoisotopic (exact) mass is 400 g/mol. The SMILES string of the molecule is CN(C[C@@H]1COc2ccccc2O1)C(=O)CSC1=Nc2ccccc2CS1. The molecule has 0 bridgehead atoms. The number of nitrogens with zero attached hydrogens (tertiary/aromatic N) is 2. The first-order valence-electron chi connectivity index (χ1n) is 8.73. The number of aliphatic imine (C=N–C) groups is 1. The first kappa shape index (κ1) is 18.3. The van der Waals surface area contributed by atoms with Crippen molar-refractivity contribution in [1.29, 1.82) is 0 Å². The minimum absolute atomic E-state index is 0.0598. The van der Waals surface area contributed by atoms with Crippen LogP contribution < -0.4 is 9.47 Å². The van der Waals surface area contributed by atoms with Crippen LogP contribution in [0.15, 0.2) is 53.5 Å². The van der Waals surface area contributed by atoms with Gasteiger partial charge in [-0.25, -0.2) is 4.99 Å². The van der Waals surface area contributed by atoms with Gasteiger partial charge in [0, 0.05) is 12.8 Å². The van der Waals surface area contributed by atoms with Gasteiger partial charge in [0.25, 0.3) is 0 Å². The Bertz CT molecular complexity index is 872. The summed E-state index contributed by atoms with van der Waals surface area (Å²) in [6, 6.07) is 15.7. The van der Waals surface area contributed by atoms with Crippen LogP contribution in [0.3, 0.4) is 0 Å². The van der Waals surface area contributed by atoms with Crippen LogP contribution in [0.1, 0.15) is 5.56 Å². The molecule has 1 atom stereocenters. The van der Waals surface area contributed by atoms with Gasteiger partial charge < -0.3 is 14.4 Å². The highest BCUT2D eigenvalue weighted by molar-refractivity contribution is 8.38. The number of amides is 1. The summed E-state index contributed by atoms with van der Waals surface area (Å²) < 4.78 is 12.6. The van der Waals surface area contributed by atoms with E-state index < -0.39 is 0 Å². The molecule has 0 fully saturated rings. The van der Waals surface area contributed by atoms with Gasteiger partial charge >= 0.3 is 0 Å². The summed E-state index contributed by atoms with van der Waals surface area (Å²) in [7, 11) is 1.80. The Morgan fingerprint density at radius 2 is 2.00 bits per heavy atom. The minimum Gasteiger partial charge on any atom is -0.486 e. The molecule has 1 amide bonds. The molecular formula is C20H20N2O3S2. The van der Waals surface area contributed by atoms with Gasteiger partial charge in [-0.05, 0) is 23.8 Å². The number of thioether (sulfide) groups is 2. The van der Waals surface area contributed by atoms with Crippen LogP contribution in [0.5, 0.6) is 11.5 Å². The zero-order valence-corrected chi connectivity index (χ0v) is 16.6. The number of benzene rings is 2. The maximum atomic E-state index is 12.5. The number of para-hydroxylation sites is 3. The summed E-state index contributed by atoms with van der Waals surface area (Å²) in [5.74, 6) is 2.82. The summed E-state index contributed by atoms with van der Waals surface area (Å²) in [4.78, 5) is 18.8. The van der Waals surface area contributed by atoms with Crippen molar-refractivity contribution in [2.24, 2.45) is 4.99 Å². The lowest BCUT2D eigenvalue weighted by Gasteiger charge is -2.29. The number of carbonyl (C=O) groups excluding carboxylic acids is 1. The number of rotatable bonds is 4. The van der Waals surface area contributed by atoms with E-state index in [2.05, 4.69) is 11.1 Å². The average Bonchev–Trinajstić information content (AvgIpc) is 2.71. The Balaban J connectivity index is 1.28. The largest absolute Gasteiger partial charge is 0.486 e. The van der Waals surface area contributed by atoms with E-state index in [1.54, 1.807) is 23.7 Å². The molecule has 2 heterocycles. The third kappa shape index (κ3) is 4.42. The van der Waals surface area contributed by atoms with E-state index in [4.69, 9.17) is 9.47 Å². The first-order valence-corrected chi connectivity index (χ1v) is 10.7. The number of fused-ring (bicyclic) bond motifs is 2. The quantitative estimate of drug-likeness (QED) is 0.778. The molecule has 2 aromatic rings. The van der Waals surface area contributed by atoms with Crippen molar-refractivity contribution in [2.75, 3.05) is 26.0 Å². The van der Waals surface area contributed by atoms with E-state index in [1.165, 1.54) is 17.3 Å². The van der Waals surface area contributed by atoms with Gasteiger partial charge in [-0.2, -0.15) is 0 Å². The Morgan fingerprint density at radius 1 is 1.22 bits per heavy atom. The first-order chi connectivity index (χ1) is 13.2. The molecule has 0 aromatic heterocycles. The van der Waals surface area contributed by atoms with Crippen molar-refractivity contribution in [3.05, 3.63) is 54.1 Å². The summed E-state index contributed by atoms with van der Waals surface area (Å²) in [6.07, 6.45) is -0.160. The maximum Gasteiger partial charge on any atom is 0.232 e. The molecule has 0 N–H and O–H groups in total. The summed E-state index contributed by atoms with van der Waals surface area (Å²) in [5, 5.41) is 0. The molecule has 2 aromatic carbocycles. The lowest BCUT2D eigenvalue weighted by molar-refractivity contribution is -0.128. The number of carbonyl (C=O) groups is 1. The molecule has 0 saturated carbocycles. The molecule has 2 aliphatic heterocycles. The molecule has 0 radical (unpaired) electrons. The lowest BCUT2D eigenvalue weighted by atomic mass is 10.2. The third-order valence-electron chi connectivity index (χ3n) is 4.34. The molecule has 4 rings (SSSR count). The van der Waals surface area contributed by atoms with Crippen LogP contribution in [0.25, 0.3) is 0 Å². The second-order valence-corrected chi connectivity index (χ2v) is 8.54. The molecule has 0 spiro atoms. The number of hydrogen-bond donors (Lipinski definition) is 0. The predicted molar refractivity (Wildman–Crippen MR) is 111 cm³/mol. The van der Waals surface area contributed by atoms with Gasteiger partial charge in [0.1, 0.15) is 11.0 Å². The standard InChI is InChI=1S/C20H20N2O3S2/c1-22(10-15-11-24-17-8-4-5-9-18(17)25-15)19(23)13-27-20-21-16-7-3-2-6-14(16)12-26-20/h2-9,15H,10-13H2,1H3/t15-/m1/s1. The van der Waals surface area contributed by atoms with Crippen molar-refractivity contribution in [1.82, 2.24) is 4.90 Å². The zero-order valence-electron chi connectivity index (χ0n) is 15.0. The normalized spacial score (nSPS) is 17.7. The highest BCUT2D eigenvalue weighted by Gasteiger charge is 2.24. The molecule has 140 valence electrons. The smallest absolute Gasteiger partial charge is 0.232 e. The van der Waals surface area contributed by atoms with E-state index in [1.807, 2.05) is 42.5 Å². The van der Waals surface area contributed by atoms with Crippen LogP contribution in [0, 0.1) is 0 Å². The van der Waals surface area contributed by atoms with E-state index in [9.17, 15) is 4.79 Å². The number of ether oxygens (including phenoxy) is 2. The topological polar surface area (TPSA) is 51.1 Å². The molecule has 5 nitrogen and oxygen atoms in total. The lowest BCUT2D eigenvalue weighted by Crippen LogP contribution is -2.42. The second kappa shape index (κ2) is 8.27. The molecule has 0 unspecified atom stereocenters. The van der Waals surface area contributed by atoms with Crippen LogP contribution in [0.4, 0.5) is 5.69 Å². The highest BCUT2D eigenvalue weighted by Crippen LogP contribution is 2.34. The van der Waals surface area contributed by atoms with Crippen LogP contribution >= 0.6 is 23.5 Å². The molecular weight excluding hydrogens is 380 g/mol. The Morgan fingerprint density at radius 3 is 2.89 bits per heavy atom. The molecule has 0 saturated heterocycles. The Hall–Kier alpha value is -2.12. The second-order valence-electron chi connectivity index (χ2n) is 6.36. The van der Waals surface area contributed by atoms with Gasteiger partial charge in [-0.3, -0.25) is 4.79 Å². The van der Waals surface area contributed by atoms with E-state index >= 15 is 0 Å². The van der Waals surface area contributed by atoms with E-state index in [-0.39, 0.29) is 12.0 Å². The van der Waals surface area contributed by atoms with Crippen LogP contribution in [-0.4, -0.2) is 47.2 Å². The highest BCUT2D eigenvalue weighted by atomic mass is 32.2. The Kier molecular flexibility index (Phi) is 5.59. The van der Waals surface area contributed by atoms with Crippen molar-refractivity contribution in [3.8, 4) is 11.5 Å². The third-order valence-corrected chi connectivity index (χ3v) is 6.57. The summed E-state index contributed by atoms with van der Waals surface area (Å²) >= 11 is 3.18. The van der Waals surface area contributed by atoms with Gasteiger partial charge in [-0.15, -0.1) is 0 Å². The number of likely N-dealkylation sites (N-methyl/N-ethyl adjacent to an activating group) is 1.